The second kappa shape index (κ2) is 12.0. The monoisotopic (exact) mass is 671 g/mol. The van der Waals surface area contributed by atoms with Gasteiger partial charge >= 0.3 is 5.97 Å². The molecule has 16 nitrogen and oxygen atoms in total. The van der Waals surface area contributed by atoms with E-state index in [1.54, 1.807) is 0 Å². The van der Waals surface area contributed by atoms with Crippen LogP contribution in [0.5, 0.6) is 5.75 Å². The van der Waals surface area contributed by atoms with Gasteiger partial charge in [-0.2, -0.15) is 31.8 Å². The fraction of sp³-hybridized carbons (Fsp3) is 0. The molecule has 4 aromatic carbocycles. The number of carboxylic acids is 1. The Morgan fingerprint density at radius 1 is 0.778 bits per heavy atom. The van der Waals surface area contributed by atoms with Crippen LogP contribution in [-0.2, 0) is 20.2 Å². The molecule has 0 spiro atoms. The van der Waals surface area contributed by atoms with Crippen molar-refractivity contribution < 1.29 is 40.9 Å². The number of carbonyl (C=O) groups is 1. The summed E-state index contributed by atoms with van der Waals surface area (Å²) in [4.78, 5) is 22.5. The molecule has 0 fully saturated rings. The zero-order valence-electron chi connectivity index (χ0n) is 22.2. The maximum Gasteiger partial charge on any atom is 0.337 e. The summed E-state index contributed by atoms with van der Waals surface area (Å²) >= 11 is 6.04. The van der Waals surface area contributed by atoms with E-state index in [1.165, 1.54) is 54.6 Å². The fourth-order valence-corrected chi connectivity index (χ4v) is 5.30. The lowest BCUT2D eigenvalue weighted by Gasteiger charge is -2.12. The van der Waals surface area contributed by atoms with E-state index in [9.17, 15) is 36.4 Å². The van der Waals surface area contributed by atoms with Crippen LogP contribution in [0.25, 0.3) is 10.8 Å². The van der Waals surface area contributed by atoms with Crippen molar-refractivity contribution in [3.05, 3.63) is 83.6 Å². The van der Waals surface area contributed by atoms with Crippen molar-refractivity contribution in [3.63, 3.8) is 0 Å². The van der Waals surface area contributed by atoms with Crippen molar-refractivity contribution in [1.82, 2.24) is 15.0 Å². The summed E-state index contributed by atoms with van der Waals surface area (Å²) < 4.78 is 66.0. The lowest BCUT2D eigenvalue weighted by molar-refractivity contribution is 0.0697. The maximum absolute atomic E-state index is 12.2. The van der Waals surface area contributed by atoms with Crippen LogP contribution in [0.3, 0.4) is 0 Å². The Morgan fingerprint density at radius 3 is 2.02 bits per heavy atom. The molecule has 0 amide bonds. The van der Waals surface area contributed by atoms with Crippen molar-refractivity contribution in [2.45, 2.75) is 9.79 Å². The van der Waals surface area contributed by atoms with E-state index in [0.29, 0.717) is 11.4 Å². The number of aromatic nitrogens is 3. The van der Waals surface area contributed by atoms with Crippen LogP contribution in [0.15, 0.2) is 92.8 Å². The molecule has 230 valence electrons. The third-order valence-corrected chi connectivity index (χ3v) is 7.90. The van der Waals surface area contributed by atoms with Crippen LogP contribution >= 0.6 is 11.6 Å². The largest absolute Gasteiger partial charge is 0.505 e. The second-order valence-corrected chi connectivity index (χ2v) is 12.2. The van der Waals surface area contributed by atoms with Crippen molar-refractivity contribution >= 4 is 83.2 Å². The van der Waals surface area contributed by atoms with Gasteiger partial charge in [0.05, 0.1) is 10.5 Å². The molecule has 0 saturated carbocycles. The number of aromatic hydroxyl groups is 1. The first-order valence-electron chi connectivity index (χ1n) is 12.2. The number of aromatic carboxylic acids is 1. The van der Waals surface area contributed by atoms with Crippen molar-refractivity contribution in [3.8, 4) is 5.75 Å². The Kier molecular flexibility index (Phi) is 8.32. The van der Waals surface area contributed by atoms with Gasteiger partial charge in [-0.1, -0.05) is 12.1 Å². The van der Waals surface area contributed by atoms with Crippen molar-refractivity contribution in [2.24, 2.45) is 10.2 Å². The van der Waals surface area contributed by atoms with E-state index < -0.39 is 42.5 Å². The molecule has 0 aliphatic heterocycles. The minimum absolute atomic E-state index is 0.0383. The van der Waals surface area contributed by atoms with Crippen molar-refractivity contribution in [2.75, 3.05) is 10.6 Å². The fourth-order valence-electron chi connectivity index (χ4n) is 4.00. The van der Waals surface area contributed by atoms with Gasteiger partial charge in [-0.15, -0.1) is 10.2 Å². The number of nitrogens with zero attached hydrogens (tertiary/aromatic N) is 5. The highest BCUT2D eigenvalue weighted by Gasteiger charge is 2.23. The van der Waals surface area contributed by atoms with Gasteiger partial charge in [0.2, 0.25) is 17.2 Å². The molecule has 0 radical (unpaired) electrons. The first-order valence-corrected chi connectivity index (χ1v) is 15.5. The number of nitrogens with one attached hydrogen (secondary N) is 2. The van der Waals surface area contributed by atoms with Gasteiger partial charge in [-0.3, -0.25) is 9.11 Å². The summed E-state index contributed by atoms with van der Waals surface area (Å²) in [6.07, 6.45) is 0. The summed E-state index contributed by atoms with van der Waals surface area (Å²) in [6.45, 7) is 0. The minimum atomic E-state index is -4.96. The summed E-state index contributed by atoms with van der Waals surface area (Å²) in [5, 5.41) is 33.5. The normalized spacial score (nSPS) is 12.0. The Balaban J connectivity index is 1.47. The van der Waals surface area contributed by atoms with Crippen molar-refractivity contribution in [1.29, 1.82) is 0 Å². The molecule has 0 aliphatic rings. The number of hydrogen-bond donors (Lipinski definition) is 6. The number of azo groups is 1. The molecule has 1 aromatic heterocycles. The molecule has 0 bridgehead atoms. The molecule has 0 unspecified atom stereocenters. The van der Waals surface area contributed by atoms with Gasteiger partial charge < -0.3 is 20.8 Å². The quantitative estimate of drug-likeness (QED) is 0.0838. The van der Waals surface area contributed by atoms with E-state index in [0.717, 1.165) is 18.2 Å². The first-order chi connectivity index (χ1) is 21.2. The summed E-state index contributed by atoms with van der Waals surface area (Å²) in [7, 11) is -9.34. The average Bonchev–Trinajstić information content (AvgIpc) is 2.95. The van der Waals surface area contributed by atoms with Crippen LogP contribution in [0.4, 0.5) is 34.6 Å². The number of fused-ring (bicyclic) bond motifs is 1. The van der Waals surface area contributed by atoms with Crippen LogP contribution < -0.4 is 10.6 Å². The highest BCUT2D eigenvalue weighted by atomic mass is 35.5. The standard InChI is InChI=1S/C26H18ClN7O9S2/c27-24-30-25(28-14-5-8-16(9-6-14)44(38,39)40)32-26(31-24)29-15-7-10-17-13(11-15)12-20(45(41,42)43)21(22(17)35)34-33-19-4-2-1-3-18(19)23(36)37/h1-12,35H,(H,36,37)(H,38,39,40)(H,41,42,43)(H2,28,29,30,31,32). The summed E-state index contributed by atoms with van der Waals surface area (Å²) in [6, 6.07) is 15.9. The lowest BCUT2D eigenvalue weighted by atomic mass is 10.1. The Labute approximate surface area is 258 Å². The second-order valence-electron chi connectivity index (χ2n) is 9.01. The van der Waals surface area contributed by atoms with Gasteiger partial charge in [-0.05, 0) is 77.7 Å². The van der Waals surface area contributed by atoms with E-state index in [1.807, 2.05) is 0 Å². The topological polar surface area (TPSA) is 254 Å². The molecule has 5 aromatic rings. The number of hydrogen-bond acceptors (Lipinski definition) is 13. The number of rotatable bonds is 9. The molecule has 19 heteroatoms. The van der Waals surface area contributed by atoms with Gasteiger partial charge in [0, 0.05) is 16.8 Å². The SMILES string of the molecule is O=C(O)c1ccccc1N=Nc1c(S(=O)(=O)O)cc2cc(Nc3nc(Cl)nc(Nc4ccc(S(=O)(=O)O)cc4)n3)ccc2c1O. The number of phenolic OH excluding ortho intramolecular Hbond substituents is 1. The molecular weight excluding hydrogens is 654 g/mol. The van der Waals surface area contributed by atoms with Gasteiger partial charge in [-0.25, -0.2) is 4.79 Å². The lowest BCUT2D eigenvalue weighted by Crippen LogP contribution is -2.04. The molecule has 0 aliphatic carbocycles. The molecule has 0 saturated heterocycles. The smallest absolute Gasteiger partial charge is 0.337 e. The number of halogens is 1. The number of anilines is 4. The number of benzene rings is 4. The van der Waals surface area contributed by atoms with Gasteiger partial charge in [0.15, 0.2) is 5.75 Å². The highest BCUT2D eigenvalue weighted by molar-refractivity contribution is 7.86. The predicted octanol–water partition coefficient (Wildman–Crippen LogP) is 5.48. The zero-order valence-corrected chi connectivity index (χ0v) is 24.6. The maximum atomic E-state index is 12.2. The van der Waals surface area contributed by atoms with Crippen LogP contribution in [0, 0.1) is 0 Å². The number of carboxylic acid groups (broad SMARTS) is 1. The van der Waals surface area contributed by atoms with Crippen LogP contribution in [-0.4, -0.2) is 57.1 Å². The van der Waals surface area contributed by atoms with Gasteiger partial charge in [0.1, 0.15) is 16.3 Å². The third-order valence-electron chi connectivity index (χ3n) is 5.99. The molecular formula is C26H18ClN7O9S2. The summed E-state index contributed by atoms with van der Waals surface area (Å²) in [5.74, 6) is -2.06. The highest BCUT2D eigenvalue weighted by Crippen LogP contribution is 2.42. The van der Waals surface area contributed by atoms with Gasteiger partial charge in [0.25, 0.3) is 20.2 Å². The molecule has 5 rings (SSSR count). The molecule has 6 N–H and O–H groups in total. The summed E-state index contributed by atoms with van der Waals surface area (Å²) in [5.41, 5.74) is -0.314. The van der Waals surface area contributed by atoms with E-state index in [-0.39, 0.29) is 44.1 Å². The average molecular weight is 672 g/mol. The van der Waals surface area contributed by atoms with E-state index in [2.05, 4.69) is 35.8 Å². The first kappa shape index (κ1) is 31.2. The minimum Gasteiger partial charge on any atom is -0.505 e. The molecule has 45 heavy (non-hydrogen) atoms. The molecule has 1 heterocycles. The predicted molar refractivity (Wildman–Crippen MR) is 161 cm³/mol. The Morgan fingerprint density at radius 2 is 1.40 bits per heavy atom. The molecule has 0 atom stereocenters. The number of phenols is 1. The Hall–Kier alpha value is -5.27. The van der Waals surface area contributed by atoms with E-state index >= 15 is 0 Å². The zero-order chi connectivity index (χ0) is 32.5. The Bertz CT molecular complexity index is 2230. The third kappa shape index (κ3) is 7.11. The van der Waals surface area contributed by atoms with Crippen LogP contribution in [0.2, 0.25) is 5.28 Å². The van der Waals surface area contributed by atoms with E-state index in [4.69, 9.17) is 16.2 Å². The van der Waals surface area contributed by atoms with Crippen LogP contribution in [0.1, 0.15) is 10.4 Å².